The van der Waals surface area contributed by atoms with Crippen LogP contribution in [0.25, 0.3) is 0 Å². The normalized spacial score (nSPS) is 12.8. The van der Waals surface area contributed by atoms with Crippen molar-refractivity contribution in [3.8, 4) is 0 Å². The molecule has 1 unspecified atom stereocenters. The molecule has 0 fully saturated rings. The summed E-state index contributed by atoms with van der Waals surface area (Å²) in [4.78, 5) is 10.8. The highest BCUT2D eigenvalue weighted by Crippen LogP contribution is 1.93. The molecule has 0 spiro atoms. The first-order valence-corrected chi connectivity index (χ1v) is 5.66. The van der Waals surface area contributed by atoms with Crippen LogP contribution >= 0.6 is 0 Å². The van der Waals surface area contributed by atoms with Crippen molar-refractivity contribution in [1.29, 1.82) is 0 Å². The molecule has 1 atom stereocenters. The highest BCUT2D eigenvalue weighted by Gasteiger charge is 2.19. The Morgan fingerprint density at radius 2 is 2.00 bits per heavy atom. The van der Waals surface area contributed by atoms with Crippen molar-refractivity contribution in [2.45, 2.75) is 26.3 Å². The van der Waals surface area contributed by atoms with Gasteiger partial charge < -0.3 is 10.2 Å². The van der Waals surface area contributed by atoms with Gasteiger partial charge in [0.25, 0.3) is 0 Å². The lowest BCUT2D eigenvalue weighted by Gasteiger charge is -2.10. The highest BCUT2D eigenvalue weighted by molar-refractivity contribution is 7.89. The summed E-state index contributed by atoms with van der Waals surface area (Å²) in [7, 11) is -2.12. The number of carbonyl (C=O) groups excluding carboxylic acids is 1. The number of rotatable bonds is 5. The zero-order valence-electron chi connectivity index (χ0n) is 8.53. The summed E-state index contributed by atoms with van der Waals surface area (Å²) in [6.45, 7) is 3.20. The van der Waals surface area contributed by atoms with Crippen LogP contribution in [0.1, 0.15) is 20.3 Å². The molecular formula is C7H17NO5S. The van der Waals surface area contributed by atoms with Crippen LogP contribution in [0.4, 0.5) is 0 Å². The van der Waals surface area contributed by atoms with Crippen molar-refractivity contribution in [2.24, 2.45) is 0 Å². The lowest BCUT2D eigenvalue weighted by molar-refractivity contribution is -0.142. The SMILES string of the molecule is CCCS(=O)(=O)NC(C)C(=O)OC.O. The third-order valence-electron chi connectivity index (χ3n) is 1.38. The molecule has 0 bridgehead atoms. The monoisotopic (exact) mass is 227 g/mol. The van der Waals surface area contributed by atoms with E-state index in [9.17, 15) is 13.2 Å². The molecule has 0 aromatic carbocycles. The van der Waals surface area contributed by atoms with Crippen molar-refractivity contribution >= 4 is 16.0 Å². The van der Waals surface area contributed by atoms with Crippen LogP contribution in [-0.2, 0) is 19.6 Å². The molecule has 6 nitrogen and oxygen atoms in total. The van der Waals surface area contributed by atoms with E-state index in [2.05, 4.69) is 9.46 Å². The van der Waals surface area contributed by atoms with Gasteiger partial charge >= 0.3 is 5.97 Å². The van der Waals surface area contributed by atoms with Crippen LogP contribution in [0.2, 0.25) is 0 Å². The predicted octanol–water partition coefficient (Wildman–Crippen LogP) is -0.947. The number of esters is 1. The first-order chi connectivity index (χ1) is 5.93. The Balaban J connectivity index is 0. The zero-order chi connectivity index (χ0) is 10.5. The average Bonchev–Trinajstić information content (AvgIpc) is 2.01. The van der Waals surface area contributed by atoms with E-state index in [1.165, 1.54) is 14.0 Å². The lowest BCUT2D eigenvalue weighted by Crippen LogP contribution is -2.40. The van der Waals surface area contributed by atoms with E-state index in [0.29, 0.717) is 6.42 Å². The fourth-order valence-corrected chi connectivity index (χ4v) is 2.11. The predicted molar refractivity (Wildman–Crippen MR) is 52.3 cm³/mol. The summed E-state index contributed by atoms with van der Waals surface area (Å²) in [6, 6.07) is -0.818. The van der Waals surface area contributed by atoms with Crippen molar-refractivity contribution in [1.82, 2.24) is 4.72 Å². The van der Waals surface area contributed by atoms with E-state index in [1.807, 2.05) is 0 Å². The lowest BCUT2D eigenvalue weighted by atomic mass is 10.4. The molecule has 0 aliphatic rings. The highest BCUT2D eigenvalue weighted by atomic mass is 32.2. The minimum Gasteiger partial charge on any atom is -0.468 e. The minimum absolute atomic E-state index is 0. The van der Waals surface area contributed by atoms with Crippen molar-refractivity contribution in [3.05, 3.63) is 0 Å². The second-order valence-electron chi connectivity index (χ2n) is 2.68. The molecule has 0 aromatic rings. The van der Waals surface area contributed by atoms with Crippen LogP contribution in [0.15, 0.2) is 0 Å². The van der Waals surface area contributed by atoms with Gasteiger partial charge in [-0.25, -0.2) is 13.1 Å². The Morgan fingerprint density at radius 1 is 1.50 bits per heavy atom. The van der Waals surface area contributed by atoms with Crippen LogP contribution < -0.4 is 4.72 Å². The molecule has 14 heavy (non-hydrogen) atoms. The molecular weight excluding hydrogens is 210 g/mol. The van der Waals surface area contributed by atoms with Crippen molar-refractivity contribution in [2.75, 3.05) is 12.9 Å². The summed E-state index contributed by atoms with van der Waals surface area (Å²) in [6.07, 6.45) is 0.517. The Hall–Kier alpha value is -0.660. The van der Waals surface area contributed by atoms with Gasteiger partial charge in [0.15, 0.2) is 0 Å². The molecule has 7 heteroatoms. The number of methoxy groups -OCH3 is 1. The van der Waals surface area contributed by atoms with E-state index in [4.69, 9.17) is 0 Å². The molecule has 0 aromatic heterocycles. The number of carbonyl (C=O) groups is 1. The quantitative estimate of drug-likeness (QED) is 0.611. The summed E-state index contributed by atoms with van der Waals surface area (Å²) in [5.74, 6) is -0.561. The van der Waals surface area contributed by atoms with Gasteiger partial charge in [0, 0.05) is 0 Å². The third-order valence-corrected chi connectivity index (χ3v) is 3.04. The van der Waals surface area contributed by atoms with Crippen molar-refractivity contribution in [3.63, 3.8) is 0 Å². The van der Waals surface area contributed by atoms with Gasteiger partial charge in [-0.05, 0) is 13.3 Å². The molecule has 0 saturated carbocycles. The zero-order valence-corrected chi connectivity index (χ0v) is 9.35. The molecule has 0 radical (unpaired) electrons. The maximum absolute atomic E-state index is 11.1. The fraction of sp³-hybridized carbons (Fsp3) is 0.857. The first kappa shape index (κ1) is 15.8. The van der Waals surface area contributed by atoms with Crippen LogP contribution in [0.3, 0.4) is 0 Å². The number of hydrogen-bond donors (Lipinski definition) is 1. The van der Waals surface area contributed by atoms with Gasteiger partial charge in [0.1, 0.15) is 6.04 Å². The van der Waals surface area contributed by atoms with Gasteiger partial charge in [-0.3, -0.25) is 4.79 Å². The number of hydrogen-bond acceptors (Lipinski definition) is 4. The molecule has 0 aliphatic carbocycles. The first-order valence-electron chi connectivity index (χ1n) is 4.00. The summed E-state index contributed by atoms with van der Waals surface area (Å²) in [5.41, 5.74) is 0. The van der Waals surface area contributed by atoms with Gasteiger partial charge in [-0.2, -0.15) is 0 Å². The van der Waals surface area contributed by atoms with E-state index >= 15 is 0 Å². The van der Waals surface area contributed by atoms with Crippen LogP contribution in [0.5, 0.6) is 0 Å². The van der Waals surface area contributed by atoms with Gasteiger partial charge in [0.05, 0.1) is 12.9 Å². The molecule has 0 heterocycles. The Morgan fingerprint density at radius 3 is 2.36 bits per heavy atom. The maximum atomic E-state index is 11.1. The molecule has 0 aliphatic heterocycles. The number of sulfonamides is 1. The van der Waals surface area contributed by atoms with Gasteiger partial charge in [-0.15, -0.1) is 0 Å². The second-order valence-corrected chi connectivity index (χ2v) is 4.56. The number of ether oxygens (including phenoxy) is 1. The summed E-state index contributed by atoms with van der Waals surface area (Å²) >= 11 is 0. The standard InChI is InChI=1S/C7H15NO4S.H2O/c1-4-5-13(10,11)8-6(2)7(9)12-3;/h6,8H,4-5H2,1-3H3;1H2. The molecule has 3 N–H and O–H groups in total. The molecule has 0 saturated heterocycles. The maximum Gasteiger partial charge on any atom is 0.323 e. The van der Waals surface area contributed by atoms with E-state index in [1.54, 1.807) is 6.92 Å². The average molecular weight is 227 g/mol. The van der Waals surface area contributed by atoms with E-state index in [-0.39, 0.29) is 11.2 Å². The van der Waals surface area contributed by atoms with Crippen molar-refractivity contribution < 1.29 is 23.4 Å². The smallest absolute Gasteiger partial charge is 0.323 e. The molecule has 0 rings (SSSR count). The molecule has 86 valence electrons. The summed E-state index contributed by atoms with van der Waals surface area (Å²) in [5, 5.41) is 0. The topological polar surface area (TPSA) is 104 Å². The summed E-state index contributed by atoms with van der Waals surface area (Å²) < 4.78 is 28.9. The van der Waals surface area contributed by atoms with Crippen LogP contribution in [0, 0.1) is 0 Å². The third kappa shape index (κ3) is 5.90. The van der Waals surface area contributed by atoms with E-state index < -0.39 is 22.0 Å². The Bertz CT molecular complexity index is 261. The largest absolute Gasteiger partial charge is 0.468 e. The Kier molecular flexibility index (Phi) is 7.61. The van der Waals surface area contributed by atoms with Gasteiger partial charge in [0.2, 0.25) is 10.0 Å². The Labute approximate surface area is 84.0 Å². The van der Waals surface area contributed by atoms with Gasteiger partial charge in [-0.1, -0.05) is 6.92 Å². The molecule has 0 amide bonds. The fourth-order valence-electron chi connectivity index (χ4n) is 0.822. The van der Waals surface area contributed by atoms with Crippen LogP contribution in [-0.4, -0.2) is 38.8 Å². The van der Waals surface area contributed by atoms with E-state index in [0.717, 1.165) is 0 Å². The second kappa shape index (κ2) is 6.74. The minimum atomic E-state index is -3.34. The number of nitrogens with one attached hydrogen (secondary N) is 1.